The summed E-state index contributed by atoms with van der Waals surface area (Å²) in [4.78, 5) is 38.2. The topological polar surface area (TPSA) is 94.2 Å². The highest BCUT2D eigenvalue weighted by molar-refractivity contribution is 8.18. The van der Waals surface area contributed by atoms with Crippen LogP contribution < -0.4 is 19.5 Å². The summed E-state index contributed by atoms with van der Waals surface area (Å²) >= 11 is 12.6. The maximum absolute atomic E-state index is 12.6. The number of carbonyl (C=O) groups is 3. The highest BCUT2D eigenvalue weighted by atomic mass is 35.5. The van der Waals surface area contributed by atoms with Gasteiger partial charge in [0.2, 0.25) is 6.79 Å². The molecule has 166 valence electrons. The average molecular weight is 495 g/mol. The van der Waals surface area contributed by atoms with Gasteiger partial charge in [0.05, 0.1) is 15.0 Å². The summed E-state index contributed by atoms with van der Waals surface area (Å²) in [5.41, 5.74) is 0.715. The lowest BCUT2D eigenvalue weighted by molar-refractivity contribution is -0.125. The SMILES string of the molecule is O=C(COc1ccc(Cl)c(Cl)c1)NCCN1C(=O)S/C(=C\c2ccc3c(c2)OCO3)C1=O. The van der Waals surface area contributed by atoms with E-state index >= 15 is 0 Å². The lowest BCUT2D eigenvalue weighted by Crippen LogP contribution is -2.38. The first-order chi connectivity index (χ1) is 15.4. The third kappa shape index (κ3) is 5.12. The highest BCUT2D eigenvalue weighted by Crippen LogP contribution is 2.36. The Morgan fingerprint density at radius 2 is 1.94 bits per heavy atom. The summed E-state index contributed by atoms with van der Waals surface area (Å²) < 4.78 is 15.9. The Kier molecular flexibility index (Phi) is 6.78. The van der Waals surface area contributed by atoms with Crippen molar-refractivity contribution in [2.45, 2.75) is 0 Å². The number of fused-ring (bicyclic) bond motifs is 1. The van der Waals surface area contributed by atoms with E-state index in [1.165, 1.54) is 6.07 Å². The van der Waals surface area contributed by atoms with Crippen molar-refractivity contribution in [3.05, 3.63) is 56.9 Å². The molecule has 11 heteroatoms. The van der Waals surface area contributed by atoms with Crippen LogP contribution in [0.25, 0.3) is 6.08 Å². The third-order valence-corrected chi connectivity index (χ3v) is 6.13. The first-order valence-electron chi connectivity index (χ1n) is 9.40. The van der Waals surface area contributed by atoms with Crippen molar-refractivity contribution in [2.75, 3.05) is 26.5 Å². The number of nitrogens with zero attached hydrogens (tertiary/aromatic N) is 1. The molecule has 0 bridgehead atoms. The molecule has 0 aliphatic carbocycles. The summed E-state index contributed by atoms with van der Waals surface area (Å²) in [6.07, 6.45) is 1.62. The number of hydrogen-bond donors (Lipinski definition) is 1. The molecule has 0 saturated carbocycles. The van der Waals surface area contributed by atoms with Crippen LogP contribution in [0.3, 0.4) is 0 Å². The van der Waals surface area contributed by atoms with Gasteiger partial charge in [-0.25, -0.2) is 0 Å². The van der Waals surface area contributed by atoms with Crippen LogP contribution in [0.1, 0.15) is 5.56 Å². The molecular formula is C21H16Cl2N2O6S. The Bertz CT molecular complexity index is 1120. The van der Waals surface area contributed by atoms with Crippen molar-refractivity contribution in [1.82, 2.24) is 10.2 Å². The van der Waals surface area contributed by atoms with Gasteiger partial charge in [-0.3, -0.25) is 19.3 Å². The Hall–Kier alpha value is -2.88. The molecule has 32 heavy (non-hydrogen) atoms. The summed E-state index contributed by atoms with van der Waals surface area (Å²) in [5.74, 6) is 0.796. The van der Waals surface area contributed by atoms with Crippen molar-refractivity contribution in [1.29, 1.82) is 0 Å². The van der Waals surface area contributed by atoms with Gasteiger partial charge in [0.15, 0.2) is 18.1 Å². The van der Waals surface area contributed by atoms with Crippen LogP contribution in [-0.2, 0) is 9.59 Å². The molecule has 3 amide bonds. The molecule has 0 atom stereocenters. The lowest BCUT2D eigenvalue weighted by atomic mass is 10.2. The molecule has 1 saturated heterocycles. The van der Waals surface area contributed by atoms with Gasteiger partial charge in [0.1, 0.15) is 5.75 Å². The molecule has 8 nitrogen and oxygen atoms in total. The van der Waals surface area contributed by atoms with Crippen molar-refractivity contribution >= 4 is 58.1 Å². The van der Waals surface area contributed by atoms with Crippen molar-refractivity contribution < 1.29 is 28.6 Å². The predicted molar refractivity (Wildman–Crippen MR) is 120 cm³/mol. The molecule has 2 heterocycles. The normalized spacial score (nSPS) is 16.1. The van der Waals surface area contributed by atoms with Gasteiger partial charge in [0.25, 0.3) is 17.1 Å². The minimum Gasteiger partial charge on any atom is -0.484 e. The smallest absolute Gasteiger partial charge is 0.293 e. The standard InChI is InChI=1S/C21H16Cl2N2O6S/c22-14-3-2-13(9-15(14)23)29-10-19(26)24-5-6-25-20(27)18(32-21(25)28)8-12-1-4-16-17(7-12)31-11-30-16/h1-4,7-9H,5-6,10-11H2,(H,24,26)/b18-8-. The zero-order valence-electron chi connectivity index (χ0n) is 16.4. The van der Waals surface area contributed by atoms with Gasteiger partial charge in [-0.2, -0.15) is 0 Å². The number of nitrogens with one attached hydrogen (secondary N) is 1. The molecule has 0 unspecified atom stereocenters. The van der Waals surface area contributed by atoms with Gasteiger partial charge < -0.3 is 19.5 Å². The van der Waals surface area contributed by atoms with Crippen LogP contribution in [-0.4, -0.2) is 48.4 Å². The largest absolute Gasteiger partial charge is 0.484 e. The lowest BCUT2D eigenvalue weighted by Gasteiger charge is -2.13. The number of thioether (sulfide) groups is 1. The number of rotatable bonds is 7. The Morgan fingerprint density at radius 1 is 1.12 bits per heavy atom. The number of halogens is 2. The van der Waals surface area contributed by atoms with E-state index in [1.54, 1.807) is 36.4 Å². The molecule has 2 aromatic carbocycles. The number of ether oxygens (including phenoxy) is 3. The zero-order chi connectivity index (χ0) is 22.7. The van der Waals surface area contributed by atoms with E-state index in [2.05, 4.69) is 5.32 Å². The molecule has 1 fully saturated rings. The van der Waals surface area contributed by atoms with Gasteiger partial charge >= 0.3 is 0 Å². The van der Waals surface area contributed by atoms with E-state index in [9.17, 15) is 14.4 Å². The molecule has 0 aromatic heterocycles. The van der Waals surface area contributed by atoms with Crippen LogP contribution in [0.5, 0.6) is 17.2 Å². The maximum atomic E-state index is 12.6. The zero-order valence-corrected chi connectivity index (χ0v) is 18.8. The van der Waals surface area contributed by atoms with Crippen molar-refractivity contribution in [3.8, 4) is 17.2 Å². The van der Waals surface area contributed by atoms with Gasteiger partial charge in [0, 0.05) is 19.2 Å². The summed E-state index contributed by atoms with van der Waals surface area (Å²) in [6.45, 7) is 0.0456. The van der Waals surface area contributed by atoms with Crippen molar-refractivity contribution in [2.24, 2.45) is 0 Å². The third-order valence-electron chi connectivity index (χ3n) is 4.49. The minimum absolute atomic E-state index is 0.0433. The molecule has 1 N–H and O–H groups in total. The molecular weight excluding hydrogens is 479 g/mol. The van der Waals surface area contributed by atoms with Crippen LogP contribution in [0.2, 0.25) is 10.0 Å². The van der Waals surface area contributed by atoms with Gasteiger partial charge in [-0.05, 0) is 47.7 Å². The first kappa shape index (κ1) is 22.3. The van der Waals surface area contributed by atoms with Gasteiger partial charge in [-0.1, -0.05) is 29.3 Å². The summed E-state index contributed by atoms with van der Waals surface area (Å²) in [7, 11) is 0. The quantitative estimate of drug-likeness (QED) is 0.582. The van der Waals surface area contributed by atoms with Crippen LogP contribution in [0, 0.1) is 0 Å². The average Bonchev–Trinajstić information content (AvgIpc) is 3.34. The molecule has 0 spiro atoms. The number of carbonyl (C=O) groups excluding carboxylic acids is 3. The van der Waals surface area contributed by atoms with Gasteiger partial charge in [-0.15, -0.1) is 0 Å². The van der Waals surface area contributed by atoms with Crippen LogP contribution in [0.4, 0.5) is 4.79 Å². The number of amides is 3. The van der Waals surface area contributed by atoms with E-state index in [0.29, 0.717) is 37.8 Å². The summed E-state index contributed by atoms with van der Waals surface area (Å²) in [5, 5.41) is 2.91. The second-order valence-corrected chi connectivity index (χ2v) is 8.47. The summed E-state index contributed by atoms with van der Waals surface area (Å²) in [6, 6.07) is 9.92. The van der Waals surface area contributed by atoms with Crippen molar-refractivity contribution in [3.63, 3.8) is 0 Å². The number of hydrogen-bond acceptors (Lipinski definition) is 7. The van der Waals surface area contributed by atoms with E-state index < -0.39 is 17.1 Å². The maximum Gasteiger partial charge on any atom is 0.293 e. The fourth-order valence-corrected chi connectivity index (χ4v) is 4.07. The van der Waals surface area contributed by atoms with E-state index in [4.69, 9.17) is 37.4 Å². The van der Waals surface area contributed by atoms with Crippen LogP contribution in [0.15, 0.2) is 41.3 Å². The number of imide groups is 1. The van der Waals surface area contributed by atoms with Crippen LogP contribution >= 0.6 is 35.0 Å². The Balaban J connectivity index is 1.27. The molecule has 2 aliphatic rings. The molecule has 0 radical (unpaired) electrons. The molecule has 2 aliphatic heterocycles. The highest BCUT2D eigenvalue weighted by Gasteiger charge is 2.34. The van der Waals surface area contributed by atoms with E-state index in [0.717, 1.165) is 16.7 Å². The minimum atomic E-state index is -0.418. The molecule has 2 aromatic rings. The van der Waals surface area contributed by atoms with E-state index in [-0.39, 0.29) is 26.5 Å². The second-order valence-electron chi connectivity index (χ2n) is 6.66. The fourth-order valence-electron chi connectivity index (χ4n) is 2.92. The Labute approximate surface area is 197 Å². The Morgan fingerprint density at radius 3 is 2.75 bits per heavy atom. The van der Waals surface area contributed by atoms with E-state index in [1.807, 2.05) is 0 Å². The predicted octanol–water partition coefficient (Wildman–Crippen LogP) is 3.95. The fraction of sp³-hybridized carbons (Fsp3) is 0.190. The second kappa shape index (κ2) is 9.72. The first-order valence-corrected chi connectivity index (χ1v) is 11.0. The molecule has 4 rings (SSSR count). The monoisotopic (exact) mass is 494 g/mol. The number of benzene rings is 2.